The summed E-state index contributed by atoms with van der Waals surface area (Å²) in [6, 6.07) is 4.34. The summed E-state index contributed by atoms with van der Waals surface area (Å²) in [5, 5.41) is 0. The summed E-state index contributed by atoms with van der Waals surface area (Å²) in [6.07, 6.45) is 19.9. The molecule has 0 N–H and O–H groups in total. The Kier molecular flexibility index (Phi) is 7.14. The molecule has 0 aromatic heterocycles. The number of halogens is 1. The monoisotopic (exact) mass is 396 g/mol. The molecule has 0 spiro atoms. The standard InChI is InChI=1S/C28H41F/c1-3-5-7-20-9-11-23-17-24(14-13-22(23)15-20)26-18-25-12-10-21(8-6-4-2)16-27(25)28(29)19-26/h3,18-24H,1,4-17H2,2H3. The molecule has 0 heterocycles. The highest BCUT2D eigenvalue weighted by Gasteiger charge is 2.36. The van der Waals surface area contributed by atoms with Crippen LogP contribution in [0.15, 0.2) is 24.8 Å². The smallest absolute Gasteiger partial charge is 0.126 e. The highest BCUT2D eigenvalue weighted by Crippen LogP contribution is 2.49. The van der Waals surface area contributed by atoms with Gasteiger partial charge in [0.2, 0.25) is 0 Å². The van der Waals surface area contributed by atoms with Crippen LogP contribution in [0.5, 0.6) is 0 Å². The van der Waals surface area contributed by atoms with Crippen LogP contribution < -0.4 is 0 Å². The maximum Gasteiger partial charge on any atom is 0.126 e. The third kappa shape index (κ3) is 4.97. The molecule has 1 aromatic carbocycles. The van der Waals surface area contributed by atoms with Crippen LogP contribution in [-0.4, -0.2) is 0 Å². The highest BCUT2D eigenvalue weighted by atomic mass is 19.1. The molecule has 0 radical (unpaired) electrons. The molecular formula is C28H41F. The molecule has 0 saturated heterocycles. The van der Waals surface area contributed by atoms with E-state index in [2.05, 4.69) is 25.6 Å². The van der Waals surface area contributed by atoms with Crippen LogP contribution in [0.3, 0.4) is 0 Å². The first kappa shape index (κ1) is 21.1. The van der Waals surface area contributed by atoms with Crippen LogP contribution in [0.25, 0.3) is 0 Å². The van der Waals surface area contributed by atoms with Crippen LogP contribution >= 0.6 is 0 Å². The van der Waals surface area contributed by atoms with Crippen LogP contribution in [0.2, 0.25) is 0 Å². The molecular weight excluding hydrogens is 355 g/mol. The van der Waals surface area contributed by atoms with Gasteiger partial charge in [0.15, 0.2) is 0 Å². The van der Waals surface area contributed by atoms with E-state index in [1.807, 2.05) is 6.07 Å². The Hall–Kier alpha value is -1.11. The van der Waals surface area contributed by atoms with Crippen molar-refractivity contribution in [2.75, 3.05) is 0 Å². The summed E-state index contributed by atoms with van der Waals surface area (Å²) in [4.78, 5) is 0. The second kappa shape index (κ2) is 9.80. The van der Waals surface area contributed by atoms with Gasteiger partial charge < -0.3 is 0 Å². The SMILES string of the molecule is C=CCCC1CCC2CC(c3cc(F)c4c(c3)CCC(CCCC)C4)CCC2C1. The third-order valence-corrected chi connectivity index (χ3v) is 8.56. The highest BCUT2D eigenvalue weighted by molar-refractivity contribution is 5.37. The van der Waals surface area contributed by atoms with E-state index in [1.165, 1.54) is 88.2 Å². The minimum atomic E-state index is 0.106. The first-order chi connectivity index (χ1) is 14.2. The molecule has 3 aliphatic carbocycles. The Labute approximate surface area is 178 Å². The average molecular weight is 397 g/mol. The Morgan fingerprint density at radius 2 is 1.83 bits per heavy atom. The van der Waals surface area contributed by atoms with Crippen LogP contribution in [0.1, 0.15) is 107 Å². The maximum absolute atomic E-state index is 15.1. The van der Waals surface area contributed by atoms with Gasteiger partial charge in [-0.25, -0.2) is 4.39 Å². The van der Waals surface area contributed by atoms with Crippen molar-refractivity contribution in [2.45, 2.75) is 103 Å². The van der Waals surface area contributed by atoms with E-state index >= 15 is 4.39 Å². The average Bonchev–Trinajstić information content (AvgIpc) is 2.75. The minimum Gasteiger partial charge on any atom is -0.207 e. The largest absolute Gasteiger partial charge is 0.207 e. The lowest BCUT2D eigenvalue weighted by Crippen LogP contribution is -2.30. The number of allylic oxidation sites excluding steroid dienone is 1. The molecule has 5 atom stereocenters. The van der Waals surface area contributed by atoms with Crippen LogP contribution in [0.4, 0.5) is 4.39 Å². The van der Waals surface area contributed by atoms with Crippen molar-refractivity contribution in [3.8, 4) is 0 Å². The van der Waals surface area contributed by atoms with Crippen molar-refractivity contribution in [2.24, 2.45) is 23.7 Å². The summed E-state index contributed by atoms with van der Waals surface area (Å²) in [5.41, 5.74) is 3.71. The van der Waals surface area contributed by atoms with Gasteiger partial charge in [-0.05, 0) is 117 Å². The van der Waals surface area contributed by atoms with Gasteiger partial charge in [-0.3, -0.25) is 0 Å². The lowest BCUT2D eigenvalue weighted by atomic mass is 9.63. The second-order valence-corrected chi connectivity index (χ2v) is 10.5. The van der Waals surface area contributed by atoms with Gasteiger partial charge in [0.25, 0.3) is 0 Å². The minimum absolute atomic E-state index is 0.106. The Morgan fingerprint density at radius 3 is 2.66 bits per heavy atom. The first-order valence-corrected chi connectivity index (χ1v) is 12.6. The van der Waals surface area contributed by atoms with Crippen molar-refractivity contribution in [3.05, 3.63) is 47.3 Å². The van der Waals surface area contributed by atoms with Crippen LogP contribution in [-0.2, 0) is 12.8 Å². The quantitative estimate of drug-likeness (QED) is 0.406. The Morgan fingerprint density at radius 1 is 1.00 bits per heavy atom. The number of hydrogen-bond donors (Lipinski definition) is 0. The zero-order valence-corrected chi connectivity index (χ0v) is 18.6. The zero-order chi connectivity index (χ0) is 20.2. The molecule has 3 aliphatic rings. The fourth-order valence-corrected chi connectivity index (χ4v) is 6.80. The molecule has 5 unspecified atom stereocenters. The predicted octanol–water partition coefficient (Wildman–Crippen LogP) is 8.39. The number of unbranched alkanes of at least 4 members (excludes halogenated alkanes) is 1. The molecule has 4 rings (SSSR count). The number of hydrogen-bond acceptors (Lipinski definition) is 0. The molecule has 160 valence electrons. The Bertz CT molecular complexity index is 690. The van der Waals surface area contributed by atoms with E-state index < -0.39 is 0 Å². The first-order valence-electron chi connectivity index (χ1n) is 12.6. The lowest BCUT2D eigenvalue weighted by Gasteiger charge is -2.42. The van der Waals surface area contributed by atoms with Crippen molar-refractivity contribution in [3.63, 3.8) is 0 Å². The van der Waals surface area contributed by atoms with Gasteiger partial charge in [0, 0.05) is 0 Å². The Balaban J connectivity index is 1.39. The summed E-state index contributed by atoms with van der Waals surface area (Å²) in [6.45, 7) is 6.15. The fraction of sp³-hybridized carbons (Fsp3) is 0.714. The summed E-state index contributed by atoms with van der Waals surface area (Å²) in [7, 11) is 0. The van der Waals surface area contributed by atoms with E-state index in [4.69, 9.17) is 0 Å². The van der Waals surface area contributed by atoms with E-state index in [0.717, 1.165) is 36.2 Å². The number of rotatable bonds is 7. The molecule has 0 nitrogen and oxygen atoms in total. The van der Waals surface area contributed by atoms with Gasteiger partial charge in [0.1, 0.15) is 5.82 Å². The molecule has 2 saturated carbocycles. The molecule has 2 fully saturated rings. The molecule has 0 bridgehead atoms. The topological polar surface area (TPSA) is 0 Å². The summed E-state index contributed by atoms with van der Waals surface area (Å²) in [5.74, 6) is 4.14. The van der Waals surface area contributed by atoms with Gasteiger partial charge >= 0.3 is 0 Å². The molecule has 29 heavy (non-hydrogen) atoms. The molecule has 0 amide bonds. The van der Waals surface area contributed by atoms with Crippen molar-refractivity contribution < 1.29 is 4.39 Å². The third-order valence-electron chi connectivity index (χ3n) is 8.56. The molecule has 1 heteroatoms. The maximum atomic E-state index is 15.1. The predicted molar refractivity (Wildman–Crippen MR) is 122 cm³/mol. The van der Waals surface area contributed by atoms with E-state index in [1.54, 1.807) is 0 Å². The van der Waals surface area contributed by atoms with E-state index in [0.29, 0.717) is 11.8 Å². The van der Waals surface area contributed by atoms with Crippen LogP contribution in [0, 0.1) is 29.5 Å². The van der Waals surface area contributed by atoms with Crippen molar-refractivity contribution in [1.29, 1.82) is 0 Å². The van der Waals surface area contributed by atoms with Gasteiger partial charge in [0.05, 0.1) is 0 Å². The zero-order valence-electron chi connectivity index (χ0n) is 18.6. The summed E-state index contributed by atoms with van der Waals surface area (Å²) < 4.78 is 15.1. The molecule has 0 aliphatic heterocycles. The number of benzene rings is 1. The molecule has 1 aromatic rings. The fourth-order valence-electron chi connectivity index (χ4n) is 6.80. The van der Waals surface area contributed by atoms with Crippen molar-refractivity contribution in [1.82, 2.24) is 0 Å². The number of fused-ring (bicyclic) bond motifs is 2. The number of aryl methyl sites for hydroxylation is 1. The van der Waals surface area contributed by atoms with Gasteiger partial charge in [-0.2, -0.15) is 0 Å². The lowest BCUT2D eigenvalue weighted by molar-refractivity contribution is 0.115. The van der Waals surface area contributed by atoms with Crippen molar-refractivity contribution >= 4 is 0 Å². The van der Waals surface area contributed by atoms with E-state index in [9.17, 15) is 0 Å². The second-order valence-electron chi connectivity index (χ2n) is 10.5. The summed E-state index contributed by atoms with van der Waals surface area (Å²) >= 11 is 0. The van der Waals surface area contributed by atoms with E-state index in [-0.39, 0.29) is 5.82 Å². The van der Waals surface area contributed by atoms with Gasteiger partial charge in [-0.1, -0.05) is 44.7 Å². The van der Waals surface area contributed by atoms with Gasteiger partial charge in [-0.15, -0.1) is 6.58 Å². The normalized spacial score (nSPS) is 31.7.